The summed E-state index contributed by atoms with van der Waals surface area (Å²) in [4.78, 5) is 17.5. The van der Waals surface area contributed by atoms with Gasteiger partial charge in [0, 0.05) is 18.8 Å². The average molecular weight is 243 g/mol. The first kappa shape index (κ1) is 11.9. The summed E-state index contributed by atoms with van der Waals surface area (Å²) < 4.78 is 0. The minimum Gasteiger partial charge on any atom is -0.508 e. The Labute approximate surface area is 104 Å². The summed E-state index contributed by atoms with van der Waals surface area (Å²) in [5.74, 6) is -0.155. The van der Waals surface area contributed by atoms with Crippen molar-refractivity contribution in [2.24, 2.45) is 0 Å². The lowest BCUT2D eigenvalue weighted by Gasteiger charge is -2.16. The molecule has 2 aromatic rings. The quantitative estimate of drug-likeness (QED) is 0.840. The number of nitrogens with two attached hydrogens (primary N) is 1. The molecule has 0 saturated carbocycles. The predicted octanol–water partition coefficient (Wildman–Crippen LogP) is 1.65. The summed E-state index contributed by atoms with van der Waals surface area (Å²) >= 11 is 0. The molecule has 0 fully saturated rings. The largest absolute Gasteiger partial charge is 0.508 e. The number of rotatable bonds is 2. The smallest absolute Gasteiger partial charge is 0.276 e. The zero-order valence-electron chi connectivity index (χ0n) is 9.87. The standard InChI is InChI=1S/C13H13N3O2/c1-16(10-3-2-4-11(17)7-10)13(18)12-6-5-9(14)8-15-12/h2-8,17H,14H2,1H3. The third kappa shape index (κ3) is 2.40. The maximum atomic E-state index is 12.1. The molecule has 92 valence electrons. The zero-order valence-corrected chi connectivity index (χ0v) is 9.87. The molecular formula is C13H13N3O2. The van der Waals surface area contributed by atoms with Gasteiger partial charge in [0.25, 0.3) is 5.91 Å². The molecule has 2 rings (SSSR count). The van der Waals surface area contributed by atoms with Crippen LogP contribution in [-0.4, -0.2) is 23.0 Å². The predicted molar refractivity (Wildman–Crippen MR) is 69.5 cm³/mol. The van der Waals surface area contributed by atoms with Crippen molar-refractivity contribution in [2.45, 2.75) is 0 Å². The van der Waals surface area contributed by atoms with Gasteiger partial charge in [-0.05, 0) is 24.3 Å². The van der Waals surface area contributed by atoms with Gasteiger partial charge in [0.05, 0.1) is 11.9 Å². The number of phenols is 1. The molecule has 5 nitrogen and oxygen atoms in total. The Morgan fingerprint density at radius 3 is 2.72 bits per heavy atom. The van der Waals surface area contributed by atoms with Crippen LogP contribution in [-0.2, 0) is 0 Å². The van der Waals surface area contributed by atoms with Crippen molar-refractivity contribution < 1.29 is 9.90 Å². The Hall–Kier alpha value is -2.56. The lowest BCUT2D eigenvalue weighted by molar-refractivity contribution is 0.0988. The molecule has 18 heavy (non-hydrogen) atoms. The molecule has 3 N–H and O–H groups in total. The molecule has 0 aliphatic rings. The number of nitrogens with zero attached hydrogens (tertiary/aromatic N) is 2. The van der Waals surface area contributed by atoms with Crippen LogP contribution >= 0.6 is 0 Å². The molecule has 1 aromatic heterocycles. The third-order valence-electron chi connectivity index (χ3n) is 2.53. The van der Waals surface area contributed by atoms with E-state index in [0.29, 0.717) is 17.1 Å². The van der Waals surface area contributed by atoms with Crippen LogP contribution in [0.3, 0.4) is 0 Å². The number of carbonyl (C=O) groups excluding carboxylic acids is 1. The fourth-order valence-corrected chi connectivity index (χ4v) is 1.52. The first-order valence-electron chi connectivity index (χ1n) is 5.36. The Bertz CT molecular complexity index is 567. The van der Waals surface area contributed by atoms with Gasteiger partial charge in [0.15, 0.2) is 0 Å². The molecule has 0 unspecified atom stereocenters. The van der Waals surface area contributed by atoms with Crippen molar-refractivity contribution in [2.75, 3.05) is 17.7 Å². The number of aromatic hydroxyl groups is 1. The summed E-state index contributed by atoms with van der Waals surface area (Å²) in [6, 6.07) is 9.64. The van der Waals surface area contributed by atoms with Gasteiger partial charge in [-0.15, -0.1) is 0 Å². The van der Waals surface area contributed by atoms with Crippen LogP contribution in [0.25, 0.3) is 0 Å². The van der Waals surface area contributed by atoms with Gasteiger partial charge in [0.1, 0.15) is 11.4 Å². The van der Waals surface area contributed by atoms with Crippen LogP contribution in [0.15, 0.2) is 42.6 Å². The second-order valence-corrected chi connectivity index (χ2v) is 3.86. The molecule has 1 aromatic carbocycles. The van der Waals surface area contributed by atoms with E-state index in [1.54, 1.807) is 37.4 Å². The van der Waals surface area contributed by atoms with E-state index < -0.39 is 0 Å². The number of amides is 1. The lowest BCUT2D eigenvalue weighted by Crippen LogP contribution is -2.26. The molecule has 0 aliphatic carbocycles. The number of phenolic OH excluding ortho intramolecular Hbond substituents is 1. The van der Waals surface area contributed by atoms with Gasteiger partial charge in [-0.25, -0.2) is 4.98 Å². The van der Waals surface area contributed by atoms with Gasteiger partial charge in [-0.1, -0.05) is 6.07 Å². The fourth-order valence-electron chi connectivity index (χ4n) is 1.52. The number of hydrogen-bond donors (Lipinski definition) is 2. The second-order valence-electron chi connectivity index (χ2n) is 3.86. The topological polar surface area (TPSA) is 79.5 Å². The molecule has 0 spiro atoms. The van der Waals surface area contributed by atoms with Crippen LogP contribution < -0.4 is 10.6 Å². The number of anilines is 2. The van der Waals surface area contributed by atoms with E-state index in [-0.39, 0.29) is 11.7 Å². The van der Waals surface area contributed by atoms with Crippen molar-refractivity contribution in [1.29, 1.82) is 0 Å². The summed E-state index contributed by atoms with van der Waals surface area (Å²) in [5.41, 5.74) is 6.92. The van der Waals surface area contributed by atoms with Crippen molar-refractivity contribution in [3.05, 3.63) is 48.3 Å². The van der Waals surface area contributed by atoms with Gasteiger partial charge in [0.2, 0.25) is 0 Å². The molecule has 0 saturated heterocycles. The van der Waals surface area contributed by atoms with E-state index in [4.69, 9.17) is 5.73 Å². The van der Waals surface area contributed by atoms with Crippen molar-refractivity contribution in [3.63, 3.8) is 0 Å². The number of carbonyl (C=O) groups is 1. The highest BCUT2D eigenvalue weighted by molar-refractivity contribution is 6.04. The summed E-state index contributed by atoms with van der Waals surface area (Å²) in [5, 5.41) is 9.38. The maximum Gasteiger partial charge on any atom is 0.276 e. The lowest BCUT2D eigenvalue weighted by atomic mass is 10.2. The SMILES string of the molecule is CN(C(=O)c1ccc(N)cn1)c1cccc(O)c1. The highest BCUT2D eigenvalue weighted by Crippen LogP contribution is 2.20. The van der Waals surface area contributed by atoms with Crippen LogP contribution in [0.1, 0.15) is 10.5 Å². The second kappa shape index (κ2) is 4.75. The van der Waals surface area contributed by atoms with Crippen molar-refractivity contribution in [1.82, 2.24) is 4.98 Å². The van der Waals surface area contributed by atoms with Gasteiger partial charge < -0.3 is 15.7 Å². The Kier molecular flexibility index (Phi) is 3.14. The molecule has 5 heteroatoms. The number of pyridine rings is 1. The highest BCUT2D eigenvalue weighted by atomic mass is 16.3. The normalized spacial score (nSPS) is 10.1. The molecule has 0 bridgehead atoms. The molecule has 1 heterocycles. The number of nitrogen functional groups attached to an aromatic ring is 1. The number of benzene rings is 1. The number of hydrogen-bond acceptors (Lipinski definition) is 4. The van der Waals surface area contributed by atoms with E-state index in [9.17, 15) is 9.90 Å². The van der Waals surface area contributed by atoms with Crippen molar-refractivity contribution >= 4 is 17.3 Å². The van der Waals surface area contributed by atoms with E-state index >= 15 is 0 Å². The Morgan fingerprint density at radius 1 is 1.33 bits per heavy atom. The van der Waals surface area contributed by atoms with Crippen LogP contribution in [0.2, 0.25) is 0 Å². The summed E-state index contributed by atoms with van der Waals surface area (Å²) in [7, 11) is 1.62. The highest BCUT2D eigenvalue weighted by Gasteiger charge is 2.14. The molecule has 0 atom stereocenters. The van der Waals surface area contributed by atoms with Crippen LogP contribution in [0.4, 0.5) is 11.4 Å². The van der Waals surface area contributed by atoms with Gasteiger partial charge in [-0.3, -0.25) is 4.79 Å². The summed E-state index contributed by atoms with van der Waals surface area (Å²) in [6.07, 6.45) is 1.43. The Morgan fingerprint density at radius 2 is 2.11 bits per heavy atom. The van der Waals surface area contributed by atoms with E-state index in [2.05, 4.69) is 4.98 Å². The molecule has 0 aliphatic heterocycles. The summed E-state index contributed by atoms with van der Waals surface area (Å²) in [6.45, 7) is 0. The maximum absolute atomic E-state index is 12.1. The molecule has 0 radical (unpaired) electrons. The number of aromatic nitrogens is 1. The van der Waals surface area contributed by atoms with Crippen molar-refractivity contribution in [3.8, 4) is 5.75 Å². The van der Waals surface area contributed by atoms with Crippen LogP contribution in [0.5, 0.6) is 5.75 Å². The monoisotopic (exact) mass is 243 g/mol. The minimum atomic E-state index is -0.263. The van der Waals surface area contributed by atoms with Gasteiger partial charge in [-0.2, -0.15) is 0 Å². The van der Waals surface area contributed by atoms with Gasteiger partial charge >= 0.3 is 0 Å². The fraction of sp³-hybridized carbons (Fsp3) is 0.0769. The zero-order chi connectivity index (χ0) is 13.1. The van der Waals surface area contributed by atoms with E-state index in [1.807, 2.05) is 0 Å². The van der Waals surface area contributed by atoms with Crippen LogP contribution in [0, 0.1) is 0 Å². The average Bonchev–Trinajstić information content (AvgIpc) is 2.38. The van der Waals surface area contributed by atoms with E-state index in [1.165, 1.54) is 17.2 Å². The first-order valence-corrected chi connectivity index (χ1v) is 5.36. The molecular weight excluding hydrogens is 230 g/mol. The minimum absolute atomic E-state index is 0.109. The Balaban J connectivity index is 2.26. The van der Waals surface area contributed by atoms with E-state index in [0.717, 1.165) is 0 Å². The molecule has 1 amide bonds. The first-order chi connectivity index (χ1) is 8.58. The third-order valence-corrected chi connectivity index (χ3v) is 2.53.